The minimum atomic E-state index is -4.79. The number of hydrogen-bond donors (Lipinski definition) is 2. The molecule has 2 saturated heterocycles. The van der Waals surface area contributed by atoms with Crippen LogP contribution in [0.2, 0.25) is 0 Å². The summed E-state index contributed by atoms with van der Waals surface area (Å²) in [5, 5.41) is 13.3. The number of rotatable bonds is 7. The van der Waals surface area contributed by atoms with Crippen LogP contribution in [-0.4, -0.2) is 54.1 Å². The summed E-state index contributed by atoms with van der Waals surface area (Å²) in [6, 6.07) is 8.33. The summed E-state index contributed by atoms with van der Waals surface area (Å²) < 4.78 is 67.3. The van der Waals surface area contributed by atoms with Crippen LogP contribution in [-0.2, 0) is 9.59 Å². The van der Waals surface area contributed by atoms with E-state index in [1.165, 1.54) is 25.3 Å². The molecular weight excluding hydrogens is 526 g/mol. The van der Waals surface area contributed by atoms with Gasteiger partial charge in [-0.05, 0) is 43.7 Å². The predicted molar refractivity (Wildman–Crippen MR) is 129 cm³/mol. The Bertz CT molecular complexity index is 1400. The quantitative estimate of drug-likeness (QED) is 0.333. The largest absolute Gasteiger partial charge is 0.573 e. The van der Waals surface area contributed by atoms with Gasteiger partial charge in [-0.2, -0.15) is 0 Å². The van der Waals surface area contributed by atoms with Crippen molar-refractivity contribution in [2.24, 2.45) is 0 Å². The number of carbonyl (C=O) groups is 2. The molecule has 1 atom stereocenters. The van der Waals surface area contributed by atoms with E-state index in [1.807, 2.05) is 11.8 Å². The second-order valence-electron chi connectivity index (χ2n) is 9.55. The van der Waals surface area contributed by atoms with Gasteiger partial charge in [0.05, 0.1) is 24.3 Å². The second-order valence-corrected chi connectivity index (χ2v) is 9.55. The summed E-state index contributed by atoms with van der Waals surface area (Å²) in [5.74, 6) is -2.63. The number of carbonyl (C=O) groups excluding carboxylic acids is 2. The van der Waals surface area contributed by atoms with Crippen molar-refractivity contribution in [3.8, 4) is 23.0 Å². The Hall–Kier alpha value is -4.36. The van der Waals surface area contributed by atoms with E-state index < -0.39 is 29.5 Å². The maximum absolute atomic E-state index is 15.4. The van der Waals surface area contributed by atoms with E-state index in [0.29, 0.717) is 24.3 Å². The normalized spacial score (nSPS) is 18.8. The summed E-state index contributed by atoms with van der Waals surface area (Å²) in [6.07, 6.45) is -4.45. The molecule has 1 unspecified atom stereocenters. The number of benzene rings is 2. The number of imide groups is 1. The van der Waals surface area contributed by atoms with Crippen molar-refractivity contribution in [2.75, 3.05) is 30.4 Å². The van der Waals surface area contributed by atoms with Gasteiger partial charge in [0.25, 0.3) is 0 Å². The van der Waals surface area contributed by atoms with Crippen LogP contribution in [0.1, 0.15) is 31.2 Å². The molecule has 0 radical (unpaired) electrons. The first kappa shape index (κ1) is 26.3. The van der Waals surface area contributed by atoms with Crippen LogP contribution in [0.4, 0.5) is 29.3 Å². The van der Waals surface area contributed by atoms with Gasteiger partial charge in [-0.15, -0.1) is 18.3 Å². The Morgan fingerprint density at radius 2 is 1.85 bits per heavy atom. The van der Waals surface area contributed by atoms with E-state index in [2.05, 4.69) is 25.6 Å². The van der Waals surface area contributed by atoms with Gasteiger partial charge in [0, 0.05) is 30.6 Å². The van der Waals surface area contributed by atoms with E-state index in [1.54, 1.807) is 6.07 Å². The maximum atomic E-state index is 15.4. The molecule has 2 aliphatic heterocycles. The average molecular weight is 549 g/mol. The van der Waals surface area contributed by atoms with Crippen molar-refractivity contribution >= 4 is 23.5 Å². The Balaban J connectivity index is 1.25. The Kier molecular flexibility index (Phi) is 6.56. The molecule has 0 aliphatic carbocycles. The van der Waals surface area contributed by atoms with Gasteiger partial charge in [0.15, 0.2) is 11.6 Å². The van der Waals surface area contributed by atoms with E-state index in [0.717, 1.165) is 12.1 Å². The number of hydrogen-bond acceptors (Lipinski definition) is 9. The molecule has 2 fully saturated rings. The number of anilines is 2. The standard InChI is InChI=1S/C25H23F4N5O5/c1-24(31-23-33-32-22(38-23)13-3-5-14(6-4-13)39-25(27,28)29)11-34(12-24)17-9-7-15(19(26)20(17)37-2)16-8-10-18(35)30-21(16)36/h3-7,9,16H,8,10-12H2,1-2H3,(H,31,33)(H,30,35,36). The first-order valence-corrected chi connectivity index (χ1v) is 11.9. The van der Waals surface area contributed by atoms with Crippen LogP contribution < -0.4 is 25.0 Å². The van der Waals surface area contributed by atoms with Gasteiger partial charge in [0.2, 0.25) is 17.7 Å². The Morgan fingerprint density at radius 1 is 1.13 bits per heavy atom. The van der Waals surface area contributed by atoms with E-state index in [-0.39, 0.29) is 47.7 Å². The molecule has 3 aromatic rings. The molecule has 3 heterocycles. The van der Waals surface area contributed by atoms with Crippen LogP contribution in [0.5, 0.6) is 11.5 Å². The molecule has 0 spiro atoms. The molecule has 206 valence electrons. The molecule has 39 heavy (non-hydrogen) atoms. The minimum absolute atomic E-state index is 0.00252. The van der Waals surface area contributed by atoms with Crippen LogP contribution in [0.3, 0.4) is 0 Å². The molecule has 5 rings (SSSR count). The topological polar surface area (TPSA) is 119 Å². The number of methoxy groups -OCH3 is 1. The number of alkyl halides is 3. The van der Waals surface area contributed by atoms with Crippen LogP contribution in [0.25, 0.3) is 11.5 Å². The fourth-order valence-electron chi connectivity index (χ4n) is 4.76. The number of nitrogens with one attached hydrogen (secondary N) is 2. The lowest BCUT2D eigenvalue weighted by molar-refractivity contribution is -0.274. The average Bonchev–Trinajstić information content (AvgIpc) is 3.30. The lowest BCUT2D eigenvalue weighted by atomic mass is 9.88. The number of halogens is 4. The van der Waals surface area contributed by atoms with E-state index >= 15 is 4.39 Å². The third-order valence-corrected chi connectivity index (χ3v) is 6.51. The first-order valence-electron chi connectivity index (χ1n) is 11.9. The van der Waals surface area contributed by atoms with Gasteiger partial charge in [-0.1, -0.05) is 11.2 Å². The molecule has 14 heteroatoms. The van der Waals surface area contributed by atoms with Crippen molar-refractivity contribution in [1.82, 2.24) is 15.5 Å². The van der Waals surface area contributed by atoms with Crippen molar-refractivity contribution in [2.45, 2.75) is 37.6 Å². The van der Waals surface area contributed by atoms with Gasteiger partial charge in [-0.25, -0.2) is 4.39 Å². The van der Waals surface area contributed by atoms with E-state index in [4.69, 9.17) is 9.15 Å². The fraction of sp³-hybridized carbons (Fsp3) is 0.360. The van der Waals surface area contributed by atoms with Crippen LogP contribution in [0.15, 0.2) is 40.8 Å². The molecule has 2 N–H and O–H groups in total. The number of ether oxygens (including phenoxy) is 2. The number of nitrogens with zero attached hydrogens (tertiary/aromatic N) is 3. The van der Waals surface area contributed by atoms with E-state index in [9.17, 15) is 22.8 Å². The third-order valence-electron chi connectivity index (χ3n) is 6.51. The van der Waals surface area contributed by atoms with Crippen LogP contribution >= 0.6 is 0 Å². The third kappa shape index (κ3) is 5.45. The highest BCUT2D eigenvalue weighted by atomic mass is 19.4. The van der Waals surface area contributed by atoms with Gasteiger partial charge in [0.1, 0.15) is 5.75 Å². The lowest BCUT2D eigenvalue weighted by Crippen LogP contribution is -2.64. The second kappa shape index (κ2) is 9.75. The molecule has 1 aromatic heterocycles. The number of piperidine rings is 1. The molecule has 2 aromatic carbocycles. The SMILES string of the molecule is COc1c(N2CC(C)(Nc3nnc(-c4ccc(OC(F)(F)F)cc4)o3)C2)ccc(C2CCC(=O)NC2=O)c1F. The predicted octanol–water partition coefficient (Wildman–Crippen LogP) is 3.99. The highest BCUT2D eigenvalue weighted by Gasteiger charge is 2.42. The van der Waals surface area contributed by atoms with Crippen molar-refractivity contribution in [3.05, 3.63) is 47.8 Å². The lowest BCUT2D eigenvalue weighted by Gasteiger charge is -2.49. The van der Waals surface area contributed by atoms with Crippen molar-refractivity contribution in [1.29, 1.82) is 0 Å². The molecule has 0 bridgehead atoms. The molecule has 0 saturated carbocycles. The zero-order valence-electron chi connectivity index (χ0n) is 20.8. The number of amides is 2. The van der Waals surface area contributed by atoms with Crippen molar-refractivity contribution < 1.29 is 41.0 Å². The van der Waals surface area contributed by atoms with Crippen molar-refractivity contribution in [3.63, 3.8) is 0 Å². The highest BCUT2D eigenvalue weighted by Crippen LogP contribution is 2.41. The maximum Gasteiger partial charge on any atom is 0.573 e. The van der Waals surface area contributed by atoms with Crippen LogP contribution in [0, 0.1) is 5.82 Å². The van der Waals surface area contributed by atoms with Gasteiger partial charge in [-0.3, -0.25) is 14.9 Å². The van der Waals surface area contributed by atoms with Gasteiger partial charge < -0.3 is 24.1 Å². The minimum Gasteiger partial charge on any atom is -0.492 e. The summed E-state index contributed by atoms with van der Waals surface area (Å²) in [7, 11) is 1.34. The summed E-state index contributed by atoms with van der Waals surface area (Å²) in [4.78, 5) is 25.6. The monoisotopic (exact) mass is 549 g/mol. The Labute approximate surface area is 219 Å². The zero-order chi connectivity index (χ0) is 27.9. The summed E-state index contributed by atoms with van der Waals surface area (Å²) >= 11 is 0. The molecule has 10 nitrogen and oxygen atoms in total. The first-order chi connectivity index (χ1) is 18.4. The molecular formula is C25H23F4N5O5. The molecule has 2 aliphatic rings. The van der Waals surface area contributed by atoms with Gasteiger partial charge >= 0.3 is 12.4 Å². The Morgan fingerprint density at radius 3 is 2.49 bits per heavy atom. The zero-order valence-corrected chi connectivity index (χ0v) is 20.8. The molecule has 2 amide bonds. The fourth-order valence-corrected chi connectivity index (χ4v) is 4.76. The number of aromatic nitrogens is 2. The smallest absolute Gasteiger partial charge is 0.492 e. The summed E-state index contributed by atoms with van der Waals surface area (Å²) in [6.45, 7) is 2.74. The summed E-state index contributed by atoms with van der Waals surface area (Å²) in [5.41, 5.74) is 0.538. The highest BCUT2D eigenvalue weighted by molar-refractivity contribution is 6.01.